The monoisotopic (exact) mass is 444 g/mol. The van der Waals surface area contributed by atoms with E-state index in [4.69, 9.17) is 44.3 Å². The van der Waals surface area contributed by atoms with E-state index in [1.54, 1.807) is 12.1 Å². The Hall–Kier alpha value is -1.17. The lowest BCUT2D eigenvalue weighted by molar-refractivity contribution is 0.269. The first-order valence-corrected chi connectivity index (χ1v) is 10.6. The smallest absolute Gasteiger partial charge is 0.180 e. The lowest BCUT2D eigenvalue weighted by Crippen LogP contribution is -2.21. The molecule has 0 atom stereocenters. The lowest BCUT2D eigenvalue weighted by Gasteiger charge is -2.16. The molecule has 2 rings (SSSR count). The second kappa shape index (κ2) is 12.4. The molecule has 0 fully saturated rings. The van der Waals surface area contributed by atoms with Gasteiger partial charge in [0.05, 0.1) is 11.6 Å². The number of nitrogens with one attached hydrogen (secondary N) is 2. The Bertz CT molecular complexity index is 757. The minimum Gasteiger partial charge on any atom is -0.490 e. The van der Waals surface area contributed by atoms with Crippen LogP contribution in [0.5, 0.6) is 11.5 Å². The summed E-state index contributed by atoms with van der Waals surface area (Å²) in [6.07, 6.45) is 1.07. The molecule has 7 heteroatoms. The molecule has 154 valence electrons. The van der Waals surface area contributed by atoms with Crippen LogP contribution < -0.4 is 20.1 Å². The van der Waals surface area contributed by atoms with Gasteiger partial charge in [0.1, 0.15) is 6.61 Å². The summed E-state index contributed by atoms with van der Waals surface area (Å²) in [6, 6.07) is 9.18. The van der Waals surface area contributed by atoms with Crippen molar-refractivity contribution in [3.8, 4) is 11.5 Å². The third-order valence-corrected chi connectivity index (χ3v) is 4.91. The SMILES string of the molecule is CCNCCCNCc1cc(Cl)c(OCc2ccc(Cl)cc2Cl)c(OCC)c1. The highest BCUT2D eigenvalue weighted by Gasteiger charge is 2.14. The predicted octanol–water partition coefficient (Wildman–Crippen LogP) is 5.71. The molecule has 0 bridgehead atoms. The van der Waals surface area contributed by atoms with Gasteiger partial charge in [-0.1, -0.05) is 47.8 Å². The maximum absolute atomic E-state index is 6.49. The predicted molar refractivity (Wildman–Crippen MR) is 118 cm³/mol. The van der Waals surface area contributed by atoms with Crippen molar-refractivity contribution in [2.75, 3.05) is 26.2 Å². The van der Waals surface area contributed by atoms with Gasteiger partial charge in [-0.05, 0) is 62.8 Å². The highest BCUT2D eigenvalue weighted by atomic mass is 35.5. The van der Waals surface area contributed by atoms with Crippen molar-refractivity contribution in [2.45, 2.75) is 33.4 Å². The van der Waals surface area contributed by atoms with Crippen molar-refractivity contribution in [2.24, 2.45) is 0 Å². The zero-order chi connectivity index (χ0) is 20.4. The van der Waals surface area contributed by atoms with E-state index in [0.717, 1.165) is 43.7 Å². The zero-order valence-corrected chi connectivity index (χ0v) is 18.6. The molecule has 0 aliphatic rings. The van der Waals surface area contributed by atoms with Gasteiger partial charge >= 0.3 is 0 Å². The fraction of sp³-hybridized carbons (Fsp3) is 0.429. The zero-order valence-electron chi connectivity index (χ0n) is 16.3. The Morgan fingerprint density at radius 3 is 2.39 bits per heavy atom. The van der Waals surface area contributed by atoms with Crippen LogP contribution in [0.1, 0.15) is 31.4 Å². The summed E-state index contributed by atoms with van der Waals surface area (Å²) in [5.74, 6) is 1.15. The van der Waals surface area contributed by atoms with E-state index >= 15 is 0 Å². The third kappa shape index (κ3) is 7.34. The van der Waals surface area contributed by atoms with Crippen molar-refractivity contribution < 1.29 is 9.47 Å². The second-order valence-corrected chi connectivity index (χ2v) is 7.50. The van der Waals surface area contributed by atoms with Gasteiger partial charge in [0.25, 0.3) is 0 Å². The maximum Gasteiger partial charge on any atom is 0.180 e. The summed E-state index contributed by atoms with van der Waals surface area (Å²) < 4.78 is 11.7. The summed E-state index contributed by atoms with van der Waals surface area (Å²) in [6.45, 7) is 8.49. The molecule has 28 heavy (non-hydrogen) atoms. The van der Waals surface area contributed by atoms with Gasteiger partial charge in [0, 0.05) is 22.2 Å². The average Bonchev–Trinajstić information content (AvgIpc) is 2.65. The van der Waals surface area contributed by atoms with Crippen LogP contribution >= 0.6 is 34.8 Å². The van der Waals surface area contributed by atoms with Gasteiger partial charge < -0.3 is 20.1 Å². The molecule has 2 aromatic rings. The molecule has 0 aromatic heterocycles. The number of benzene rings is 2. The van der Waals surface area contributed by atoms with Crippen LogP contribution in [0, 0.1) is 0 Å². The molecule has 2 N–H and O–H groups in total. The fourth-order valence-corrected chi connectivity index (χ4v) is 3.41. The van der Waals surface area contributed by atoms with E-state index in [9.17, 15) is 0 Å². The van der Waals surface area contributed by atoms with E-state index in [-0.39, 0.29) is 6.61 Å². The molecule has 0 heterocycles. The Morgan fingerprint density at radius 1 is 0.893 bits per heavy atom. The van der Waals surface area contributed by atoms with Crippen LogP contribution in [0.4, 0.5) is 0 Å². The van der Waals surface area contributed by atoms with Crippen molar-refractivity contribution in [1.29, 1.82) is 0 Å². The first-order chi connectivity index (χ1) is 13.5. The molecule has 0 aliphatic heterocycles. The Morgan fingerprint density at radius 2 is 1.68 bits per heavy atom. The summed E-state index contributed by atoms with van der Waals surface area (Å²) in [5, 5.41) is 8.39. The van der Waals surface area contributed by atoms with Crippen molar-refractivity contribution in [3.05, 3.63) is 56.5 Å². The topological polar surface area (TPSA) is 42.5 Å². The molecule has 0 aliphatic carbocycles. The summed E-state index contributed by atoms with van der Waals surface area (Å²) in [4.78, 5) is 0. The molecular weight excluding hydrogens is 419 g/mol. The van der Waals surface area contributed by atoms with Gasteiger partial charge in [-0.25, -0.2) is 0 Å². The molecule has 0 spiro atoms. The molecule has 4 nitrogen and oxygen atoms in total. The van der Waals surface area contributed by atoms with Gasteiger partial charge in [0.15, 0.2) is 11.5 Å². The molecular formula is C21H27Cl3N2O2. The molecule has 0 saturated heterocycles. The van der Waals surface area contributed by atoms with Crippen LogP contribution in [0.3, 0.4) is 0 Å². The Kier molecular flexibility index (Phi) is 10.2. The standard InChI is InChI=1S/C21H27Cl3N2O2/c1-3-25-8-5-9-26-13-15-10-19(24)21(20(11-15)27-4-2)28-14-16-6-7-17(22)12-18(16)23/h6-7,10-12,25-26H,3-5,8-9,13-14H2,1-2H3. The Balaban J connectivity index is 2.02. The van der Waals surface area contributed by atoms with E-state index in [1.165, 1.54) is 0 Å². The van der Waals surface area contributed by atoms with Gasteiger partial charge in [-0.2, -0.15) is 0 Å². The van der Waals surface area contributed by atoms with Crippen molar-refractivity contribution in [1.82, 2.24) is 10.6 Å². The molecule has 0 radical (unpaired) electrons. The molecule has 0 saturated carbocycles. The number of ether oxygens (including phenoxy) is 2. The fourth-order valence-electron chi connectivity index (χ4n) is 2.66. The van der Waals surface area contributed by atoms with E-state index < -0.39 is 0 Å². The van der Waals surface area contributed by atoms with Crippen LogP contribution in [-0.4, -0.2) is 26.2 Å². The van der Waals surface area contributed by atoms with Crippen LogP contribution in [-0.2, 0) is 13.2 Å². The van der Waals surface area contributed by atoms with Crippen LogP contribution in [0.15, 0.2) is 30.3 Å². The van der Waals surface area contributed by atoms with Crippen molar-refractivity contribution in [3.63, 3.8) is 0 Å². The maximum atomic E-state index is 6.49. The summed E-state index contributed by atoms with van der Waals surface area (Å²) in [7, 11) is 0. The van der Waals surface area contributed by atoms with Gasteiger partial charge in [0.2, 0.25) is 0 Å². The van der Waals surface area contributed by atoms with E-state index in [1.807, 2.05) is 25.1 Å². The normalized spacial score (nSPS) is 10.9. The number of halogens is 3. The average molecular weight is 446 g/mol. The lowest BCUT2D eigenvalue weighted by atomic mass is 10.2. The largest absolute Gasteiger partial charge is 0.490 e. The van der Waals surface area contributed by atoms with E-state index in [2.05, 4.69) is 17.6 Å². The number of hydrogen-bond acceptors (Lipinski definition) is 4. The number of hydrogen-bond donors (Lipinski definition) is 2. The highest BCUT2D eigenvalue weighted by molar-refractivity contribution is 6.35. The molecule has 2 aromatic carbocycles. The van der Waals surface area contributed by atoms with Gasteiger partial charge in [-0.15, -0.1) is 0 Å². The van der Waals surface area contributed by atoms with Crippen LogP contribution in [0.2, 0.25) is 15.1 Å². The van der Waals surface area contributed by atoms with Crippen molar-refractivity contribution >= 4 is 34.8 Å². The van der Waals surface area contributed by atoms with E-state index in [0.29, 0.717) is 33.2 Å². The summed E-state index contributed by atoms with van der Waals surface area (Å²) >= 11 is 18.7. The first kappa shape index (κ1) is 23.1. The first-order valence-electron chi connectivity index (χ1n) is 9.48. The Labute approximate surface area is 182 Å². The number of rotatable bonds is 12. The minimum atomic E-state index is 0.276. The second-order valence-electron chi connectivity index (χ2n) is 6.25. The van der Waals surface area contributed by atoms with Gasteiger partial charge in [-0.3, -0.25) is 0 Å². The molecule has 0 unspecified atom stereocenters. The third-order valence-electron chi connectivity index (χ3n) is 4.04. The highest BCUT2D eigenvalue weighted by Crippen LogP contribution is 2.37. The van der Waals surface area contributed by atoms with Crippen LogP contribution in [0.25, 0.3) is 0 Å². The quantitative estimate of drug-likeness (QED) is 0.410. The summed E-state index contributed by atoms with van der Waals surface area (Å²) in [5.41, 5.74) is 1.88. The minimum absolute atomic E-state index is 0.276. The molecule has 0 amide bonds.